The summed E-state index contributed by atoms with van der Waals surface area (Å²) in [5, 5.41) is 0. The summed E-state index contributed by atoms with van der Waals surface area (Å²) in [7, 11) is 0. The first-order chi connectivity index (χ1) is 8.20. The molecule has 17 heavy (non-hydrogen) atoms. The first-order valence-electron chi connectivity index (χ1n) is 4.97. The molecule has 4 heteroatoms. The Morgan fingerprint density at radius 2 is 1.94 bits per heavy atom. The van der Waals surface area contributed by atoms with Gasteiger partial charge >= 0.3 is 0 Å². The highest BCUT2D eigenvalue weighted by atomic mass is 79.9. The molecule has 0 saturated carbocycles. The smallest absolute Gasteiger partial charge is 0.137 e. The van der Waals surface area contributed by atoms with Gasteiger partial charge in [0.2, 0.25) is 0 Å². The Balaban J connectivity index is 2.28. The van der Waals surface area contributed by atoms with Gasteiger partial charge in [0.15, 0.2) is 0 Å². The van der Waals surface area contributed by atoms with E-state index in [1.807, 2.05) is 24.3 Å². The number of ether oxygens (including phenoxy) is 1. The minimum atomic E-state index is -0.317. The summed E-state index contributed by atoms with van der Waals surface area (Å²) in [6.45, 7) is 0. The van der Waals surface area contributed by atoms with Gasteiger partial charge in [-0.2, -0.15) is 0 Å². The molecule has 0 fully saturated rings. The van der Waals surface area contributed by atoms with Crippen molar-refractivity contribution in [2.24, 2.45) is 0 Å². The second-order valence-electron chi connectivity index (χ2n) is 3.42. The van der Waals surface area contributed by atoms with Crippen LogP contribution in [-0.4, -0.2) is 0 Å². The van der Waals surface area contributed by atoms with E-state index in [9.17, 15) is 4.39 Å². The van der Waals surface area contributed by atoms with Crippen molar-refractivity contribution in [2.75, 3.05) is 0 Å². The second-order valence-corrected chi connectivity index (χ2v) is 4.54. The third kappa shape index (κ3) is 2.99. The van der Waals surface area contributed by atoms with Crippen molar-refractivity contribution in [1.82, 2.24) is 0 Å². The summed E-state index contributed by atoms with van der Waals surface area (Å²) < 4.78 is 19.1. The van der Waals surface area contributed by atoms with E-state index >= 15 is 0 Å². The van der Waals surface area contributed by atoms with Crippen LogP contribution < -0.4 is 4.74 Å². The van der Waals surface area contributed by atoms with Crippen molar-refractivity contribution in [3.63, 3.8) is 0 Å². The molecule has 0 unspecified atom stereocenters. The third-order valence-corrected chi connectivity index (χ3v) is 3.13. The van der Waals surface area contributed by atoms with Crippen molar-refractivity contribution in [2.45, 2.75) is 5.88 Å². The number of hydrogen-bond acceptors (Lipinski definition) is 1. The molecule has 0 amide bonds. The maximum absolute atomic E-state index is 13.1. The lowest BCUT2D eigenvalue weighted by Gasteiger charge is -2.09. The average Bonchev–Trinajstić information content (AvgIpc) is 2.34. The Morgan fingerprint density at radius 1 is 1.18 bits per heavy atom. The molecule has 88 valence electrons. The Bertz CT molecular complexity index is 531. The summed E-state index contributed by atoms with van der Waals surface area (Å²) in [6, 6.07) is 12.0. The molecule has 0 saturated heterocycles. The highest BCUT2D eigenvalue weighted by Crippen LogP contribution is 2.29. The minimum Gasteiger partial charge on any atom is -0.457 e. The SMILES string of the molecule is Fc1ccc(Oc2ccccc2CCl)cc1Br. The van der Waals surface area contributed by atoms with E-state index in [-0.39, 0.29) is 5.82 Å². The lowest BCUT2D eigenvalue weighted by molar-refractivity contribution is 0.475. The molecule has 2 aromatic carbocycles. The first kappa shape index (κ1) is 12.4. The van der Waals surface area contributed by atoms with Gasteiger partial charge < -0.3 is 4.74 Å². The first-order valence-corrected chi connectivity index (χ1v) is 6.30. The topological polar surface area (TPSA) is 9.23 Å². The molecular weight excluding hydrogens is 306 g/mol. The molecule has 0 spiro atoms. The molecule has 0 aliphatic rings. The molecule has 0 atom stereocenters. The summed E-state index contributed by atoms with van der Waals surface area (Å²) in [5.74, 6) is 1.30. The van der Waals surface area contributed by atoms with Crippen LogP contribution in [0.1, 0.15) is 5.56 Å². The van der Waals surface area contributed by atoms with Gasteiger partial charge in [-0.3, -0.25) is 0 Å². The molecule has 1 nitrogen and oxygen atoms in total. The highest BCUT2D eigenvalue weighted by Gasteiger charge is 2.05. The van der Waals surface area contributed by atoms with Crippen LogP contribution in [0.2, 0.25) is 0 Å². The van der Waals surface area contributed by atoms with Crippen LogP contribution in [-0.2, 0) is 5.88 Å². The van der Waals surface area contributed by atoms with Crippen LogP contribution in [0.25, 0.3) is 0 Å². The van der Waals surface area contributed by atoms with Crippen molar-refractivity contribution in [3.8, 4) is 11.5 Å². The summed E-state index contributed by atoms with van der Waals surface area (Å²) in [5.41, 5.74) is 0.898. The normalized spacial score (nSPS) is 10.3. The maximum atomic E-state index is 13.1. The summed E-state index contributed by atoms with van der Waals surface area (Å²) in [6.07, 6.45) is 0. The molecule has 0 bridgehead atoms. The van der Waals surface area contributed by atoms with Gasteiger partial charge in [-0.1, -0.05) is 18.2 Å². The average molecular weight is 316 g/mol. The van der Waals surface area contributed by atoms with E-state index in [0.29, 0.717) is 21.9 Å². The Morgan fingerprint density at radius 3 is 2.65 bits per heavy atom. The van der Waals surface area contributed by atoms with Crippen molar-refractivity contribution in [1.29, 1.82) is 0 Å². The second kappa shape index (κ2) is 5.52. The largest absolute Gasteiger partial charge is 0.457 e. The number of rotatable bonds is 3. The van der Waals surface area contributed by atoms with Crippen LogP contribution in [0.4, 0.5) is 4.39 Å². The van der Waals surface area contributed by atoms with Crippen molar-refractivity contribution < 1.29 is 9.13 Å². The fraction of sp³-hybridized carbons (Fsp3) is 0.0769. The molecule has 0 radical (unpaired) electrons. The van der Waals surface area contributed by atoms with E-state index in [0.717, 1.165) is 5.56 Å². The number of halogens is 3. The number of para-hydroxylation sites is 1. The van der Waals surface area contributed by atoms with E-state index in [2.05, 4.69) is 15.9 Å². The number of benzene rings is 2. The zero-order valence-electron chi connectivity index (χ0n) is 8.79. The van der Waals surface area contributed by atoms with Gasteiger partial charge in [0, 0.05) is 5.56 Å². The van der Waals surface area contributed by atoms with Gasteiger partial charge in [-0.05, 0) is 40.2 Å². The van der Waals surface area contributed by atoms with Gasteiger partial charge in [0.25, 0.3) is 0 Å². The van der Waals surface area contributed by atoms with Gasteiger partial charge in [-0.25, -0.2) is 4.39 Å². The summed E-state index contributed by atoms with van der Waals surface area (Å²) in [4.78, 5) is 0. The lowest BCUT2D eigenvalue weighted by atomic mass is 10.2. The van der Waals surface area contributed by atoms with Crippen molar-refractivity contribution >= 4 is 27.5 Å². The predicted molar refractivity (Wildman–Crippen MR) is 70.2 cm³/mol. The van der Waals surface area contributed by atoms with Crippen LogP contribution in [0, 0.1) is 5.82 Å². The molecule has 0 aliphatic carbocycles. The van der Waals surface area contributed by atoms with Crippen LogP contribution in [0.15, 0.2) is 46.9 Å². The Labute approximate surface area is 112 Å². The van der Waals surface area contributed by atoms with E-state index in [1.165, 1.54) is 6.07 Å². The fourth-order valence-electron chi connectivity index (χ4n) is 1.38. The van der Waals surface area contributed by atoms with E-state index in [4.69, 9.17) is 16.3 Å². The van der Waals surface area contributed by atoms with Crippen molar-refractivity contribution in [3.05, 3.63) is 58.3 Å². The molecule has 0 aromatic heterocycles. The molecule has 2 rings (SSSR count). The standard InChI is InChI=1S/C13H9BrClFO/c14-11-7-10(5-6-12(11)16)17-13-4-2-1-3-9(13)8-15/h1-7H,8H2. The molecule has 0 heterocycles. The molecule has 0 aliphatic heterocycles. The zero-order chi connectivity index (χ0) is 12.3. The van der Waals surface area contributed by atoms with Crippen LogP contribution in [0.5, 0.6) is 11.5 Å². The zero-order valence-corrected chi connectivity index (χ0v) is 11.1. The molecule has 0 N–H and O–H groups in total. The molecule has 2 aromatic rings. The van der Waals surface area contributed by atoms with Crippen LogP contribution >= 0.6 is 27.5 Å². The monoisotopic (exact) mass is 314 g/mol. The Kier molecular flexibility index (Phi) is 4.02. The summed E-state index contributed by atoms with van der Waals surface area (Å²) >= 11 is 8.92. The maximum Gasteiger partial charge on any atom is 0.137 e. The van der Waals surface area contributed by atoms with Gasteiger partial charge in [-0.15, -0.1) is 11.6 Å². The minimum absolute atomic E-state index is 0.317. The third-order valence-electron chi connectivity index (χ3n) is 2.24. The van der Waals surface area contributed by atoms with Crippen LogP contribution in [0.3, 0.4) is 0 Å². The quantitative estimate of drug-likeness (QED) is 0.714. The van der Waals surface area contributed by atoms with Gasteiger partial charge in [0.05, 0.1) is 10.4 Å². The number of alkyl halides is 1. The number of hydrogen-bond donors (Lipinski definition) is 0. The van der Waals surface area contributed by atoms with E-state index in [1.54, 1.807) is 12.1 Å². The van der Waals surface area contributed by atoms with Gasteiger partial charge in [0.1, 0.15) is 17.3 Å². The fourth-order valence-corrected chi connectivity index (χ4v) is 1.96. The lowest BCUT2D eigenvalue weighted by Crippen LogP contribution is -1.89. The molecular formula is C13H9BrClFO. The Hall–Kier alpha value is -1.06. The van der Waals surface area contributed by atoms with E-state index < -0.39 is 0 Å². The predicted octanol–water partition coefficient (Wildman–Crippen LogP) is 5.12. The highest BCUT2D eigenvalue weighted by molar-refractivity contribution is 9.10.